The number of aromatic nitrogens is 1. The first-order chi connectivity index (χ1) is 9.86. The summed E-state index contributed by atoms with van der Waals surface area (Å²) in [4.78, 5) is 28.1. The lowest BCUT2D eigenvalue weighted by atomic mass is 10.2. The average Bonchev–Trinajstić information content (AvgIpc) is 2.77. The Hall–Kier alpha value is -1.45. The van der Waals surface area contributed by atoms with Crippen molar-refractivity contribution in [2.24, 2.45) is 0 Å². The van der Waals surface area contributed by atoms with Crippen LogP contribution in [0.2, 0.25) is 0 Å². The second-order valence-corrected chi connectivity index (χ2v) is 6.98. The summed E-state index contributed by atoms with van der Waals surface area (Å²) in [6, 6.07) is 2.50. The monoisotopic (exact) mass is 433 g/mol. The first kappa shape index (κ1) is 15.9. The minimum Gasteiger partial charge on any atom is -0.478 e. The van der Waals surface area contributed by atoms with Gasteiger partial charge in [0.15, 0.2) is 5.13 Å². The van der Waals surface area contributed by atoms with Crippen molar-refractivity contribution in [2.75, 3.05) is 10.6 Å². The van der Waals surface area contributed by atoms with Crippen LogP contribution in [0.25, 0.3) is 0 Å². The van der Waals surface area contributed by atoms with Gasteiger partial charge in [-0.1, -0.05) is 15.9 Å². The molecule has 0 saturated heterocycles. The van der Waals surface area contributed by atoms with E-state index in [2.05, 4.69) is 47.5 Å². The molecule has 1 heterocycles. The number of rotatable bonds is 3. The highest BCUT2D eigenvalue weighted by atomic mass is 79.9. The average molecular weight is 435 g/mol. The molecular weight excluding hydrogens is 426 g/mol. The highest BCUT2D eigenvalue weighted by Crippen LogP contribution is 2.31. The number of nitrogens with one attached hydrogen (secondary N) is 2. The van der Waals surface area contributed by atoms with E-state index in [1.54, 1.807) is 12.3 Å². The number of amides is 2. The van der Waals surface area contributed by atoms with Gasteiger partial charge in [0.05, 0.1) is 11.3 Å². The lowest BCUT2D eigenvalue weighted by Gasteiger charge is -2.11. The number of benzene rings is 1. The second-order valence-electron chi connectivity index (χ2n) is 3.97. The summed E-state index contributed by atoms with van der Waals surface area (Å²) in [5.41, 5.74) is 0.151. The Labute approximate surface area is 140 Å². The Morgan fingerprint density at radius 3 is 2.57 bits per heavy atom. The Morgan fingerprint density at radius 2 is 2.00 bits per heavy atom. The predicted molar refractivity (Wildman–Crippen MR) is 88.3 cm³/mol. The van der Waals surface area contributed by atoms with Gasteiger partial charge in [-0.3, -0.25) is 5.32 Å². The van der Waals surface area contributed by atoms with E-state index in [0.29, 0.717) is 14.1 Å². The van der Waals surface area contributed by atoms with Crippen LogP contribution in [0.5, 0.6) is 0 Å². The molecular formula is C12H9Br2N3O3S. The lowest BCUT2D eigenvalue weighted by Crippen LogP contribution is -2.21. The summed E-state index contributed by atoms with van der Waals surface area (Å²) < 4.78 is 1.05. The minimum atomic E-state index is -1.14. The maximum Gasteiger partial charge on any atom is 0.337 e. The number of aryl methyl sites for hydroxylation is 1. The molecule has 0 aliphatic heterocycles. The highest BCUT2D eigenvalue weighted by Gasteiger charge is 2.17. The SMILES string of the molecule is Cc1cnc(NC(=O)Nc2c(Br)cc(Br)cc2C(=O)O)s1. The third-order valence-corrected chi connectivity index (χ3v) is 4.28. The number of aromatic carboxylic acids is 1. The molecule has 2 aromatic rings. The fraction of sp³-hybridized carbons (Fsp3) is 0.0833. The molecule has 0 aliphatic rings. The van der Waals surface area contributed by atoms with Gasteiger partial charge in [0, 0.05) is 20.0 Å². The molecule has 2 rings (SSSR count). The molecule has 6 nitrogen and oxygen atoms in total. The van der Waals surface area contributed by atoms with Crippen molar-refractivity contribution in [3.63, 3.8) is 0 Å². The van der Waals surface area contributed by atoms with E-state index >= 15 is 0 Å². The number of halogens is 2. The van der Waals surface area contributed by atoms with Crippen LogP contribution in [0.1, 0.15) is 15.2 Å². The van der Waals surface area contributed by atoms with Gasteiger partial charge in [-0.05, 0) is 35.0 Å². The Balaban J connectivity index is 2.22. The van der Waals surface area contributed by atoms with Crippen molar-refractivity contribution in [3.8, 4) is 0 Å². The van der Waals surface area contributed by atoms with E-state index in [1.807, 2.05) is 6.92 Å². The van der Waals surface area contributed by atoms with Crippen molar-refractivity contribution in [2.45, 2.75) is 6.92 Å². The number of carboxylic acids is 1. The number of carboxylic acid groups (broad SMARTS) is 1. The van der Waals surface area contributed by atoms with E-state index in [9.17, 15) is 14.7 Å². The fourth-order valence-electron chi connectivity index (χ4n) is 1.52. The highest BCUT2D eigenvalue weighted by molar-refractivity contribution is 9.11. The first-order valence-corrected chi connectivity index (χ1v) is 8.00. The molecule has 0 saturated carbocycles. The number of hydrogen-bond donors (Lipinski definition) is 3. The van der Waals surface area contributed by atoms with E-state index in [0.717, 1.165) is 4.88 Å². The molecule has 9 heteroatoms. The number of nitrogens with zero attached hydrogens (tertiary/aromatic N) is 1. The number of carbonyl (C=O) groups excluding carboxylic acids is 1. The molecule has 0 bridgehead atoms. The van der Waals surface area contributed by atoms with Gasteiger partial charge in [0.25, 0.3) is 0 Å². The van der Waals surface area contributed by atoms with Gasteiger partial charge in [-0.2, -0.15) is 0 Å². The Bertz CT molecular complexity index is 718. The van der Waals surface area contributed by atoms with E-state index in [4.69, 9.17) is 0 Å². The van der Waals surface area contributed by atoms with Crippen molar-refractivity contribution in [3.05, 3.63) is 37.7 Å². The third-order valence-electron chi connectivity index (χ3n) is 2.37. The molecule has 1 aromatic carbocycles. The lowest BCUT2D eigenvalue weighted by molar-refractivity contribution is 0.0698. The van der Waals surface area contributed by atoms with Gasteiger partial charge in [-0.25, -0.2) is 14.6 Å². The maximum absolute atomic E-state index is 11.9. The largest absolute Gasteiger partial charge is 0.478 e. The van der Waals surface area contributed by atoms with Crippen LogP contribution in [0.4, 0.5) is 15.6 Å². The van der Waals surface area contributed by atoms with E-state index < -0.39 is 12.0 Å². The summed E-state index contributed by atoms with van der Waals surface area (Å²) in [6.07, 6.45) is 1.64. The number of carbonyl (C=O) groups is 2. The summed E-state index contributed by atoms with van der Waals surface area (Å²) >= 11 is 7.77. The van der Waals surface area contributed by atoms with Crippen LogP contribution in [0.3, 0.4) is 0 Å². The van der Waals surface area contributed by atoms with Crippen LogP contribution in [0.15, 0.2) is 27.3 Å². The van der Waals surface area contributed by atoms with Crippen LogP contribution in [-0.4, -0.2) is 22.1 Å². The number of hydrogen-bond acceptors (Lipinski definition) is 4. The molecule has 0 spiro atoms. The molecule has 1 aromatic heterocycles. The molecule has 3 N–H and O–H groups in total. The predicted octanol–water partition coefficient (Wildman–Crippen LogP) is 4.32. The van der Waals surface area contributed by atoms with E-state index in [1.165, 1.54) is 17.4 Å². The maximum atomic E-state index is 11.9. The zero-order valence-electron chi connectivity index (χ0n) is 10.6. The molecule has 0 aliphatic carbocycles. The Kier molecular flexibility index (Phi) is 4.96. The van der Waals surface area contributed by atoms with Crippen LogP contribution >= 0.6 is 43.2 Å². The van der Waals surface area contributed by atoms with Crippen molar-refractivity contribution >= 4 is 66.0 Å². The first-order valence-electron chi connectivity index (χ1n) is 5.59. The van der Waals surface area contributed by atoms with Gasteiger partial charge in [0.2, 0.25) is 0 Å². The van der Waals surface area contributed by atoms with Crippen LogP contribution in [-0.2, 0) is 0 Å². The summed E-state index contributed by atoms with van der Waals surface area (Å²) in [5.74, 6) is -1.14. The number of anilines is 2. The standard InChI is InChI=1S/C12H9Br2N3O3S/c1-5-4-15-12(21-5)17-11(20)16-9-7(10(18)19)2-6(13)3-8(9)14/h2-4H,1H3,(H,18,19)(H2,15,16,17,20). The van der Waals surface area contributed by atoms with Gasteiger partial charge in [-0.15, -0.1) is 11.3 Å². The van der Waals surface area contributed by atoms with Gasteiger partial charge in [0.1, 0.15) is 0 Å². The van der Waals surface area contributed by atoms with Crippen molar-refractivity contribution < 1.29 is 14.7 Å². The topological polar surface area (TPSA) is 91.3 Å². The van der Waals surface area contributed by atoms with Crippen molar-refractivity contribution in [1.82, 2.24) is 4.98 Å². The zero-order chi connectivity index (χ0) is 15.6. The smallest absolute Gasteiger partial charge is 0.337 e. The summed E-state index contributed by atoms with van der Waals surface area (Å²) in [7, 11) is 0. The van der Waals surface area contributed by atoms with Gasteiger partial charge < -0.3 is 10.4 Å². The molecule has 2 amide bonds. The second kappa shape index (κ2) is 6.54. The van der Waals surface area contributed by atoms with E-state index in [-0.39, 0.29) is 11.3 Å². The van der Waals surface area contributed by atoms with Crippen LogP contribution in [0, 0.1) is 6.92 Å². The third kappa shape index (κ3) is 4.02. The molecule has 0 fully saturated rings. The number of thiazole rings is 1. The fourth-order valence-corrected chi connectivity index (χ4v) is 3.51. The van der Waals surface area contributed by atoms with Crippen LogP contribution < -0.4 is 10.6 Å². The Morgan fingerprint density at radius 1 is 1.29 bits per heavy atom. The van der Waals surface area contributed by atoms with Gasteiger partial charge >= 0.3 is 12.0 Å². The summed E-state index contributed by atoms with van der Waals surface area (Å²) in [6.45, 7) is 1.87. The molecule has 0 radical (unpaired) electrons. The molecule has 110 valence electrons. The summed E-state index contributed by atoms with van der Waals surface area (Å²) in [5, 5.41) is 14.7. The molecule has 0 atom stereocenters. The minimum absolute atomic E-state index is 0.0262. The zero-order valence-corrected chi connectivity index (χ0v) is 14.6. The normalized spacial score (nSPS) is 10.2. The number of urea groups is 1. The molecule has 21 heavy (non-hydrogen) atoms. The molecule has 0 unspecified atom stereocenters. The quantitative estimate of drug-likeness (QED) is 0.670. The van der Waals surface area contributed by atoms with Crippen molar-refractivity contribution in [1.29, 1.82) is 0 Å².